The Morgan fingerprint density at radius 3 is 2.71 bits per heavy atom. The number of anilines is 3. The summed E-state index contributed by atoms with van der Waals surface area (Å²) in [6.45, 7) is 4.49. The van der Waals surface area contributed by atoms with Crippen LogP contribution < -0.4 is 16.2 Å². The van der Waals surface area contributed by atoms with Crippen molar-refractivity contribution in [2.45, 2.75) is 19.4 Å². The van der Waals surface area contributed by atoms with Crippen LogP contribution >= 0.6 is 23.2 Å². The van der Waals surface area contributed by atoms with Crippen LogP contribution in [0.2, 0.25) is 10.3 Å². The summed E-state index contributed by atoms with van der Waals surface area (Å²) in [5.74, 6) is 0.403. The van der Waals surface area contributed by atoms with E-state index >= 15 is 0 Å². The predicted octanol–water partition coefficient (Wildman–Crippen LogP) is 4.22. The summed E-state index contributed by atoms with van der Waals surface area (Å²) >= 11 is 12.0. The van der Waals surface area contributed by atoms with E-state index in [2.05, 4.69) is 20.6 Å². The van der Waals surface area contributed by atoms with Crippen molar-refractivity contribution in [2.75, 3.05) is 24.4 Å². The van der Waals surface area contributed by atoms with Gasteiger partial charge >= 0.3 is 0 Å². The topological polar surface area (TPSA) is 81.1 Å². The lowest BCUT2D eigenvalue weighted by atomic mass is 10.0. The highest BCUT2D eigenvalue weighted by molar-refractivity contribution is 6.33. The van der Waals surface area contributed by atoms with Crippen LogP contribution in [0.4, 0.5) is 17.2 Å². The molecule has 0 aliphatic carbocycles. The van der Waals surface area contributed by atoms with Gasteiger partial charge in [0.15, 0.2) is 5.82 Å². The molecule has 0 aliphatic rings. The number of hydrogen-bond donors (Lipinski definition) is 2. The summed E-state index contributed by atoms with van der Waals surface area (Å²) in [6, 6.07) is 7.22. The molecule has 0 saturated carbocycles. The first-order valence-electron chi connectivity index (χ1n) is 8.56. The number of aryl methyl sites for hydroxylation is 1. The molecule has 0 saturated heterocycles. The van der Waals surface area contributed by atoms with E-state index in [0.29, 0.717) is 17.4 Å². The molecule has 0 unspecified atom stereocenters. The molecule has 0 radical (unpaired) electrons. The Balaban J connectivity index is 2.08. The van der Waals surface area contributed by atoms with E-state index in [0.717, 1.165) is 22.3 Å². The summed E-state index contributed by atoms with van der Waals surface area (Å²) in [5.41, 5.74) is 1.79. The maximum Gasteiger partial charge on any atom is 0.252 e. The lowest BCUT2D eigenvalue weighted by Crippen LogP contribution is -2.36. The van der Waals surface area contributed by atoms with Crippen molar-refractivity contribution in [3.05, 3.63) is 51.1 Å². The number of fused-ring (bicyclic) bond motifs is 1. The zero-order valence-corrected chi connectivity index (χ0v) is 17.5. The number of ether oxygens (including phenoxy) is 1. The second-order valence-electron chi connectivity index (χ2n) is 7.09. The number of benzene rings is 1. The van der Waals surface area contributed by atoms with Gasteiger partial charge in [-0.15, -0.1) is 0 Å². The average molecular weight is 422 g/mol. The molecule has 2 heterocycles. The molecule has 148 valence electrons. The lowest BCUT2D eigenvalue weighted by molar-refractivity contribution is 0.158. The van der Waals surface area contributed by atoms with Gasteiger partial charge in [-0.2, -0.15) is 4.98 Å². The SMILES string of the molecule is COCC(C)(C)Nc1cc(=O)n(C)c2ccc(Nc3nc(Cl)ncc3Cl)cc12. The maximum absolute atomic E-state index is 12.4. The molecule has 28 heavy (non-hydrogen) atoms. The minimum atomic E-state index is -0.360. The predicted molar refractivity (Wildman–Crippen MR) is 114 cm³/mol. The van der Waals surface area contributed by atoms with E-state index in [9.17, 15) is 4.79 Å². The smallest absolute Gasteiger partial charge is 0.252 e. The van der Waals surface area contributed by atoms with Gasteiger partial charge < -0.3 is 19.9 Å². The Hall–Kier alpha value is -2.35. The minimum absolute atomic E-state index is 0.0961. The monoisotopic (exact) mass is 421 g/mol. The zero-order chi connectivity index (χ0) is 20.5. The average Bonchev–Trinajstić information content (AvgIpc) is 2.62. The van der Waals surface area contributed by atoms with Crippen LogP contribution in [0.3, 0.4) is 0 Å². The first-order valence-corrected chi connectivity index (χ1v) is 9.32. The quantitative estimate of drug-likeness (QED) is 0.579. The molecule has 0 spiro atoms. The number of pyridine rings is 1. The second kappa shape index (κ2) is 7.95. The number of halogens is 2. The number of methoxy groups -OCH3 is 1. The van der Waals surface area contributed by atoms with Gasteiger partial charge in [-0.25, -0.2) is 4.98 Å². The number of aromatic nitrogens is 3. The number of nitrogens with one attached hydrogen (secondary N) is 2. The van der Waals surface area contributed by atoms with Crippen LogP contribution in [-0.4, -0.2) is 33.8 Å². The van der Waals surface area contributed by atoms with Crippen molar-refractivity contribution in [3.8, 4) is 0 Å². The van der Waals surface area contributed by atoms with Crippen LogP contribution in [0.25, 0.3) is 10.9 Å². The molecule has 3 aromatic rings. The van der Waals surface area contributed by atoms with Crippen LogP contribution in [0, 0.1) is 0 Å². The third-order valence-electron chi connectivity index (χ3n) is 4.20. The van der Waals surface area contributed by atoms with Gasteiger partial charge in [-0.1, -0.05) is 11.6 Å². The molecule has 9 heteroatoms. The van der Waals surface area contributed by atoms with E-state index in [1.807, 2.05) is 32.0 Å². The fourth-order valence-electron chi connectivity index (χ4n) is 2.97. The van der Waals surface area contributed by atoms with Crippen molar-refractivity contribution in [1.82, 2.24) is 14.5 Å². The van der Waals surface area contributed by atoms with Gasteiger partial charge in [0.25, 0.3) is 5.56 Å². The fourth-order valence-corrected chi connectivity index (χ4v) is 3.25. The highest BCUT2D eigenvalue weighted by atomic mass is 35.5. The van der Waals surface area contributed by atoms with Gasteiger partial charge in [0.05, 0.1) is 23.9 Å². The van der Waals surface area contributed by atoms with Gasteiger partial charge in [0.2, 0.25) is 5.28 Å². The standard InChI is InChI=1S/C19H21Cl2N5O2/c1-19(2,10-28-4)25-14-8-16(27)26(3)15-6-5-11(7-12(14)15)23-17-13(20)9-22-18(21)24-17/h5-9,25H,10H2,1-4H3,(H,22,23,24). The highest BCUT2D eigenvalue weighted by Crippen LogP contribution is 2.30. The molecule has 0 amide bonds. The van der Waals surface area contributed by atoms with Crippen molar-refractivity contribution < 1.29 is 4.74 Å². The molecular formula is C19H21Cl2N5O2. The normalized spacial score (nSPS) is 11.6. The van der Waals surface area contributed by atoms with E-state index in [4.69, 9.17) is 27.9 Å². The molecule has 2 N–H and O–H groups in total. The summed E-state index contributed by atoms with van der Waals surface area (Å²) < 4.78 is 6.87. The molecular weight excluding hydrogens is 401 g/mol. The van der Waals surface area contributed by atoms with Gasteiger partial charge in [0.1, 0.15) is 5.02 Å². The maximum atomic E-state index is 12.4. The number of nitrogens with zero attached hydrogens (tertiary/aromatic N) is 3. The number of hydrogen-bond acceptors (Lipinski definition) is 6. The van der Waals surface area contributed by atoms with Gasteiger partial charge in [-0.05, 0) is 43.6 Å². The Kier molecular flexibility index (Phi) is 5.79. The first-order chi connectivity index (χ1) is 13.2. The minimum Gasteiger partial charge on any atom is -0.382 e. The molecule has 0 bridgehead atoms. The molecule has 0 fully saturated rings. The van der Waals surface area contributed by atoms with Gasteiger partial charge in [0, 0.05) is 37.0 Å². The summed E-state index contributed by atoms with van der Waals surface area (Å²) in [5, 5.41) is 7.87. The van der Waals surface area contributed by atoms with Crippen LogP contribution in [0.1, 0.15) is 13.8 Å². The van der Waals surface area contributed by atoms with Crippen LogP contribution in [0.15, 0.2) is 35.3 Å². The molecule has 2 aromatic heterocycles. The molecule has 3 rings (SSSR count). The third-order valence-corrected chi connectivity index (χ3v) is 4.66. The zero-order valence-electron chi connectivity index (χ0n) is 16.0. The van der Waals surface area contributed by atoms with E-state index in [1.165, 1.54) is 6.20 Å². The fraction of sp³-hybridized carbons (Fsp3) is 0.316. The van der Waals surface area contributed by atoms with E-state index in [1.54, 1.807) is 24.8 Å². The largest absolute Gasteiger partial charge is 0.382 e. The van der Waals surface area contributed by atoms with E-state index < -0.39 is 0 Å². The van der Waals surface area contributed by atoms with Crippen molar-refractivity contribution in [3.63, 3.8) is 0 Å². The lowest BCUT2D eigenvalue weighted by Gasteiger charge is -2.27. The van der Waals surface area contributed by atoms with Crippen LogP contribution in [0.5, 0.6) is 0 Å². The molecule has 0 atom stereocenters. The summed E-state index contributed by atoms with van der Waals surface area (Å²) in [6.07, 6.45) is 1.43. The van der Waals surface area contributed by atoms with Crippen molar-refractivity contribution in [1.29, 1.82) is 0 Å². The van der Waals surface area contributed by atoms with Crippen molar-refractivity contribution >= 4 is 51.3 Å². The number of rotatable bonds is 6. The summed E-state index contributed by atoms with van der Waals surface area (Å²) in [4.78, 5) is 20.3. The van der Waals surface area contributed by atoms with Crippen LogP contribution in [-0.2, 0) is 11.8 Å². The Morgan fingerprint density at radius 2 is 2.00 bits per heavy atom. The summed E-state index contributed by atoms with van der Waals surface area (Å²) in [7, 11) is 3.38. The Morgan fingerprint density at radius 1 is 1.25 bits per heavy atom. The Labute approximate surface area is 172 Å². The van der Waals surface area contributed by atoms with Gasteiger partial charge in [-0.3, -0.25) is 4.79 Å². The van der Waals surface area contributed by atoms with Crippen molar-refractivity contribution in [2.24, 2.45) is 7.05 Å². The Bertz CT molecular complexity index is 1080. The second-order valence-corrected chi connectivity index (χ2v) is 7.83. The highest BCUT2D eigenvalue weighted by Gasteiger charge is 2.19. The third kappa shape index (κ3) is 4.38. The first kappa shape index (κ1) is 20.4. The molecule has 0 aliphatic heterocycles. The molecule has 1 aromatic carbocycles. The van der Waals surface area contributed by atoms with E-state index in [-0.39, 0.29) is 16.4 Å². The molecule has 7 nitrogen and oxygen atoms in total.